The summed E-state index contributed by atoms with van der Waals surface area (Å²) >= 11 is 7.57. The van der Waals surface area contributed by atoms with Crippen molar-refractivity contribution < 1.29 is 14.3 Å². The van der Waals surface area contributed by atoms with Crippen LogP contribution in [-0.2, 0) is 9.53 Å². The summed E-state index contributed by atoms with van der Waals surface area (Å²) in [4.78, 5) is 22.9. The van der Waals surface area contributed by atoms with Crippen molar-refractivity contribution in [1.82, 2.24) is 9.88 Å². The SMILES string of the molecule is Cc1ccc(C)c2sc(N(CCN3CCOCC3)C(=O)C(C)(C)Oc3ccc(Cl)cc3)nc12. The minimum absolute atomic E-state index is 0.125. The molecule has 1 amide bonds. The van der Waals surface area contributed by atoms with Gasteiger partial charge in [-0.15, -0.1) is 0 Å². The molecule has 6 nitrogen and oxygen atoms in total. The van der Waals surface area contributed by atoms with Crippen LogP contribution >= 0.6 is 22.9 Å². The lowest BCUT2D eigenvalue weighted by Crippen LogP contribution is -2.51. The van der Waals surface area contributed by atoms with Crippen LogP contribution < -0.4 is 9.64 Å². The van der Waals surface area contributed by atoms with Gasteiger partial charge >= 0.3 is 0 Å². The largest absolute Gasteiger partial charge is 0.478 e. The lowest BCUT2D eigenvalue weighted by molar-refractivity contribution is -0.131. The van der Waals surface area contributed by atoms with E-state index in [0.717, 1.165) is 54.2 Å². The maximum Gasteiger partial charge on any atom is 0.272 e. The first kappa shape index (κ1) is 24.0. The molecule has 176 valence electrons. The second kappa shape index (κ2) is 9.97. The maximum atomic E-state index is 13.9. The van der Waals surface area contributed by atoms with E-state index in [1.807, 2.05) is 0 Å². The van der Waals surface area contributed by atoms with Crippen LogP contribution in [0.25, 0.3) is 10.2 Å². The monoisotopic (exact) mass is 487 g/mol. The molecule has 0 atom stereocenters. The van der Waals surface area contributed by atoms with Crippen LogP contribution in [0.4, 0.5) is 5.13 Å². The van der Waals surface area contributed by atoms with E-state index in [1.54, 1.807) is 54.3 Å². The lowest BCUT2D eigenvalue weighted by Gasteiger charge is -2.33. The van der Waals surface area contributed by atoms with Gasteiger partial charge in [0.15, 0.2) is 10.7 Å². The summed E-state index contributed by atoms with van der Waals surface area (Å²) in [6, 6.07) is 11.3. The van der Waals surface area contributed by atoms with Crippen LogP contribution in [0.1, 0.15) is 25.0 Å². The number of carbonyl (C=O) groups excluding carboxylic acids is 1. The minimum atomic E-state index is -1.08. The maximum absolute atomic E-state index is 13.9. The number of fused-ring (bicyclic) bond motifs is 1. The topological polar surface area (TPSA) is 54.9 Å². The van der Waals surface area contributed by atoms with E-state index in [-0.39, 0.29) is 5.91 Å². The Labute approximate surface area is 204 Å². The predicted molar refractivity (Wildman–Crippen MR) is 135 cm³/mol. The van der Waals surface area contributed by atoms with Crippen molar-refractivity contribution in [3.8, 4) is 5.75 Å². The second-order valence-corrected chi connectivity index (χ2v) is 10.3. The number of carbonyl (C=O) groups is 1. The fourth-order valence-electron chi connectivity index (χ4n) is 3.88. The molecular formula is C25H30ClN3O3S. The Morgan fingerprint density at radius 3 is 2.48 bits per heavy atom. The van der Waals surface area contributed by atoms with E-state index in [1.165, 1.54) is 0 Å². The van der Waals surface area contributed by atoms with Crippen molar-refractivity contribution in [3.63, 3.8) is 0 Å². The van der Waals surface area contributed by atoms with Crippen LogP contribution in [0.2, 0.25) is 5.02 Å². The number of aromatic nitrogens is 1. The Bertz CT molecular complexity index is 1080. The summed E-state index contributed by atoms with van der Waals surface area (Å²) in [7, 11) is 0. The smallest absolute Gasteiger partial charge is 0.272 e. The number of nitrogens with zero attached hydrogens (tertiary/aromatic N) is 3. The van der Waals surface area contributed by atoms with Crippen molar-refractivity contribution in [1.29, 1.82) is 0 Å². The molecule has 1 saturated heterocycles. The van der Waals surface area contributed by atoms with Gasteiger partial charge in [-0.2, -0.15) is 0 Å². The highest BCUT2D eigenvalue weighted by Gasteiger charge is 2.36. The number of hydrogen-bond acceptors (Lipinski definition) is 6. The van der Waals surface area contributed by atoms with E-state index in [9.17, 15) is 4.79 Å². The molecule has 0 bridgehead atoms. The number of benzene rings is 2. The molecular weight excluding hydrogens is 458 g/mol. The number of anilines is 1. The molecule has 0 saturated carbocycles. The zero-order valence-corrected chi connectivity index (χ0v) is 21.1. The van der Waals surface area contributed by atoms with Crippen molar-refractivity contribution in [3.05, 3.63) is 52.5 Å². The number of hydrogen-bond donors (Lipinski definition) is 0. The van der Waals surface area contributed by atoms with Gasteiger partial charge in [-0.25, -0.2) is 4.98 Å². The van der Waals surface area contributed by atoms with E-state index in [2.05, 4.69) is 30.9 Å². The summed E-state index contributed by atoms with van der Waals surface area (Å²) < 4.78 is 12.7. The van der Waals surface area contributed by atoms with Gasteiger partial charge in [0.1, 0.15) is 5.75 Å². The van der Waals surface area contributed by atoms with Crippen LogP contribution in [-0.4, -0.2) is 60.8 Å². The molecule has 0 spiro atoms. The van der Waals surface area contributed by atoms with Gasteiger partial charge in [-0.1, -0.05) is 35.1 Å². The molecule has 1 fully saturated rings. The van der Waals surface area contributed by atoms with Crippen molar-refractivity contribution in [2.45, 2.75) is 33.3 Å². The summed E-state index contributed by atoms with van der Waals surface area (Å²) in [6.07, 6.45) is 0. The van der Waals surface area contributed by atoms with Gasteiger partial charge in [0.05, 0.1) is 23.4 Å². The molecule has 0 aliphatic carbocycles. The fraction of sp³-hybridized carbons (Fsp3) is 0.440. The number of morpholine rings is 1. The number of aryl methyl sites for hydroxylation is 2. The van der Waals surface area contributed by atoms with E-state index in [4.69, 9.17) is 26.1 Å². The van der Waals surface area contributed by atoms with E-state index >= 15 is 0 Å². The standard InChI is InChI=1S/C25H30ClN3O3S/c1-17-5-6-18(2)22-21(17)27-24(33-22)29(12-11-28-13-15-31-16-14-28)23(30)25(3,4)32-20-9-7-19(26)8-10-20/h5-10H,11-16H2,1-4H3. The molecule has 3 aromatic rings. The Morgan fingerprint density at radius 1 is 1.15 bits per heavy atom. The van der Waals surface area contributed by atoms with Gasteiger partial charge in [0.2, 0.25) is 0 Å². The third-order valence-corrected chi connectivity index (χ3v) is 7.32. The second-order valence-electron chi connectivity index (χ2n) is 8.85. The molecule has 8 heteroatoms. The van der Waals surface area contributed by atoms with Gasteiger partial charge < -0.3 is 9.47 Å². The van der Waals surface area contributed by atoms with Crippen LogP contribution in [0.3, 0.4) is 0 Å². The summed E-state index contributed by atoms with van der Waals surface area (Å²) in [6.45, 7) is 12.2. The van der Waals surface area contributed by atoms with Crippen LogP contribution in [0, 0.1) is 13.8 Å². The number of amides is 1. The van der Waals surface area contributed by atoms with Gasteiger partial charge in [-0.05, 0) is 63.1 Å². The quantitative estimate of drug-likeness (QED) is 0.464. The van der Waals surface area contributed by atoms with E-state index < -0.39 is 5.60 Å². The normalized spacial score (nSPS) is 15.1. The highest BCUT2D eigenvalue weighted by Crippen LogP contribution is 2.34. The Morgan fingerprint density at radius 2 is 1.82 bits per heavy atom. The molecule has 0 unspecified atom stereocenters. The summed E-state index contributed by atoms with van der Waals surface area (Å²) in [5.41, 5.74) is 2.14. The molecule has 0 radical (unpaired) electrons. The predicted octanol–water partition coefficient (Wildman–Crippen LogP) is 5.09. The Kier molecular flexibility index (Phi) is 7.24. The number of ether oxygens (including phenoxy) is 2. The minimum Gasteiger partial charge on any atom is -0.478 e. The molecule has 33 heavy (non-hydrogen) atoms. The first-order valence-electron chi connectivity index (χ1n) is 11.2. The third kappa shape index (κ3) is 5.49. The van der Waals surface area contributed by atoms with Gasteiger partial charge in [0.25, 0.3) is 5.91 Å². The first-order chi connectivity index (χ1) is 15.7. The van der Waals surface area contributed by atoms with Crippen LogP contribution in [0.15, 0.2) is 36.4 Å². The zero-order chi connectivity index (χ0) is 23.6. The van der Waals surface area contributed by atoms with Crippen molar-refractivity contribution in [2.24, 2.45) is 0 Å². The highest BCUT2D eigenvalue weighted by molar-refractivity contribution is 7.22. The lowest BCUT2D eigenvalue weighted by atomic mass is 10.1. The molecule has 1 aromatic heterocycles. The highest BCUT2D eigenvalue weighted by atomic mass is 35.5. The average Bonchev–Trinajstić information content (AvgIpc) is 3.25. The number of halogens is 1. The zero-order valence-electron chi connectivity index (χ0n) is 19.6. The summed E-state index contributed by atoms with van der Waals surface area (Å²) in [5, 5.41) is 1.33. The molecule has 1 aliphatic heterocycles. The molecule has 2 aromatic carbocycles. The van der Waals surface area contributed by atoms with Crippen molar-refractivity contribution >= 4 is 44.2 Å². The number of rotatable bonds is 7. The Balaban J connectivity index is 1.64. The van der Waals surface area contributed by atoms with Gasteiger partial charge in [-0.3, -0.25) is 14.6 Å². The third-order valence-electron chi connectivity index (χ3n) is 5.85. The fourth-order valence-corrected chi connectivity index (χ4v) is 5.14. The molecule has 1 aliphatic rings. The van der Waals surface area contributed by atoms with Crippen LogP contribution in [0.5, 0.6) is 5.75 Å². The first-order valence-corrected chi connectivity index (χ1v) is 12.4. The molecule has 0 N–H and O–H groups in total. The van der Waals surface area contributed by atoms with Gasteiger partial charge in [0, 0.05) is 31.2 Å². The molecule has 4 rings (SSSR count). The average molecular weight is 488 g/mol. The van der Waals surface area contributed by atoms with Crippen molar-refractivity contribution in [2.75, 3.05) is 44.3 Å². The van der Waals surface area contributed by atoms with E-state index in [0.29, 0.717) is 22.4 Å². The summed E-state index contributed by atoms with van der Waals surface area (Å²) in [5.74, 6) is 0.474. The Hall–Kier alpha value is -2.19. The number of thiazole rings is 1. The molecule has 2 heterocycles.